The van der Waals surface area contributed by atoms with E-state index in [0.717, 1.165) is 27.4 Å². The summed E-state index contributed by atoms with van der Waals surface area (Å²) in [5.74, 6) is 0.925. The van der Waals surface area contributed by atoms with Crippen LogP contribution >= 0.6 is 11.8 Å². The standard InChI is InChI=1S/C27H20OS/c1-5-13-21(14-6-1)25-26(22-15-7-2-8-16-22)29-27(28-25,23-17-9-3-10-18-23)24-19-11-4-12-20-24/h1-20H. The molecule has 0 spiro atoms. The van der Waals surface area contributed by atoms with Crippen LogP contribution in [0.1, 0.15) is 22.3 Å². The molecule has 0 aromatic heterocycles. The Bertz CT molecular complexity index is 1030. The molecule has 0 unspecified atom stereocenters. The zero-order chi connectivity index (χ0) is 19.5. The molecule has 29 heavy (non-hydrogen) atoms. The van der Waals surface area contributed by atoms with Crippen molar-refractivity contribution in [1.82, 2.24) is 0 Å². The molecule has 4 aromatic carbocycles. The van der Waals surface area contributed by atoms with E-state index in [2.05, 4.69) is 97.1 Å². The summed E-state index contributed by atoms with van der Waals surface area (Å²) < 4.78 is 6.92. The maximum atomic E-state index is 6.92. The third kappa shape index (κ3) is 3.26. The second-order valence-corrected chi connectivity index (χ2v) is 8.13. The quantitative estimate of drug-likeness (QED) is 0.364. The van der Waals surface area contributed by atoms with Crippen molar-refractivity contribution in [1.29, 1.82) is 0 Å². The van der Waals surface area contributed by atoms with Gasteiger partial charge in [-0.2, -0.15) is 0 Å². The predicted molar refractivity (Wildman–Crippen MR) is 122 cm³/mol. The number of hydrogen-bond donors (Lipinski definition) is 0. The molecule has 2 heteroatoms. The number of rotatable bonds is 4. The minimum Gasteiger partial charge on any atom is -0.466 e. The molecule has 0 saturated carbocycles. The highest BCUT2D eigenvalue weighted by atomic mass is 32.2. The van der Waals surface area contributed by atoms with E-state index in [1.165, 1.54) is 5.56 Å². The minimum atomic E-state index is -0.626. The summed E-state index contributed by atoms with van der Waals surface area (Å²) in [6.07, 6.45) is 0. The van der Waals surface area contributed by atoms with E-state index in [9.17, 15) is 0 Å². The van der Waals surface area contributed by atoms with E-state index >= 15 is 0 Å². The molecule has 0 aliphatic carbocycles. The largest absolute Gasteiger partial charge is 0.466 e. The van der Waals surface area contributed by atoms with Crippen LogP contribution in [0.15, 0.2) is 121 Å². The van der Waals surface area contributed by atoms with Gasteiger partial charge in [0.1, 0.15) is 5.76 Å². The van der Waals surface area contributed by atoms with Crippen molar-refractivity contribution in [3.63, 3.8) is 0 Å². The zero-order valence-electron chi connectivity index (χ0n) is 15.9. The van der Waals surface area contributed by atoms with Crippen LogP contribution in [-0.4, -0.2) is 0 Å². The van der Waals surface area contributed by atoms with Gasteiger partial charge in [-0.15, -0.1) is 0 Å². The lowest BCUT2D eigenvalue weighted by molar-refractivity contribution is 0.180. The first-order valence-electron chi connectivity index (χ1n) is 9.71. The van der Waals surface area contributed by atoms with E-state index in [1.807, 2.05) is 24.3 Å². The molecule has 1 nitrogen and oxygen atoms in total. The van der Waals surface area contributed by atoms with Gasteiger partial charge < -0.3 is 4.74 Å². The Labute approximate surface area is 175 Å². The summed E-state index contributed by atoms with van der Waals surface area (Å²) in [4.78, 5) is 0.531. The van der Waals surface area contributed by atoms with Crippen LogP contribution in [0.2, 0.25) is 0 Å². The van der Waals surface area contributed by atoms with Crippen molar-refractivity contribution in [3.05, 3.63) is 144 Å². The highest BCUT2D eigenvalue weighted by Crippen LogP contribution is 2.59. The molecule has 0 fully saturated rings. The lowest BCUT2D eigenvalue weighted by Gasteiger charge is -2.30. The molecular formula is C27H20OS. The molecule has 1 aliphatic rings. The third-order valence-electron chi connectivity index (χ3n) is 5.08. The fraction of sp³-hybridized carbons (Fsp3) is 0.0370. The Kier molecular flexibility index (Phi) is 4.71. The Hall–Kier alpha value is -3.23. The average molecular weight is 393 g/mol. The monoisotopic (exact) mass is 392 g/mol. The molecule has 0 amide bonds. The first-order valence-corrected chi connectivity index (χ1v) is 10.5. The van der Waals surface area contributed by atoms with Crippen molar-refractivity contribution in [2.24, 2.45) is 0 Å². The highest BCUT2D eigenvalue weighted by Gasteiger charge is 2.45. The van der Waals surface area contributed by atoms with E-state index in [4.69, 9.17) is 4.74 Å². The van der Waals surface area contributed by atoms with Crippen LogP contribution in [0.4, 0.5) is 0 Å². The fourth-order valence-corrected chi connectivity index (χ4v) is 5.10. The van der Waals surface area contributed by atoms with Crippen molar-refractivity contribution >= 4 is 22.4 Å². The Morgan fingerprint density at radius 3 is 1.38 bits per heavy atom. The molecule has 5 rings (SSSR count). The van der Waals surface area contributed by atoms with Gasteiger partial charge in [0.05, 0.1) is 4.91 Å². The van der Waals surface area contributed by atoms with Gasteiger partial charge in [-0.1, -0.05) is 133 Å². The second kappa shape index (κ2) is 7.65. The maximum Gasteiger partial charge on any atom is 0.210 e. The lowest BCUT2D eigenvalue weighted by Crippen LogP contribution is -2.23. The Balaban J connectivity index is 1.72. The van der Waals surface area contributed by atoms with Crippen LogP contribution in [0.5, 0.6) is 0 Å². The first kappa shape index (κ1) is 17.8. The number of ether oxygens (including phenoxy) is 1. The topological polar surface area (TPSA) is 9.23 Å². The fourth-order valence-electron chi connectivity index (χ4n) is 3.68. The van der Waals surface area contributed by atoms with Gasteiger partial charge in [-0.25, -0.2) is 0 Å². The summed E-state index contributed by atoms with van der Waals surface area (Å²) in [6, 6.07) is 41.9. The Morgan fingerprint density at radius 1 is 0.483 bits per heavy atom. The molecule has 0 atom stereocenters. The summed E-state index contributed by atoms with van der Waals surface area (Å²) in [5, 5.41) is 0. The normalized spacial score (nSPS) is 15.2. The highest BCUT2D eigenvalue weighted by molar-refractivity contribution is 8.09. The molecule has 0 saturated heterocycles. The van der Waals surface area contributed by atoms with Crippen molar-refractivity contribution in [3.8, 4) is 0 Å². The molecule has 1 heterocycles. The third-order valence-corrected chi connectivity index (χ3v) is 6.54. The van der Waals surface area contributed by atoms with Crippen LogP contribution in [-0.2, 0) is 9.67 Å². The predicted octanol–water partition coefficient (Wildman–Crippen LogP) is 7.18. The molecule has 4 aromatic rings. The van der Waals surface area contributed by atoms with E-state index < -0.39 is 4.93 Å². The maximum absolute atomic E-state index is 6.92. The summed E-state index contributed by atoms with van der Waals surface area (Å²) in [6.45, 7) is 0. The van der Waals surface area contributed by atoms with Gasteiger partial charge in [-0.05, 0) is 5.56 Å². The summed E-state index contributed by atoms with van der Waals surface area (Å²) in [7, 11) is 0. The molecule has 0 N–H and O–H groups in total. The second-order valence-electron chi connectivity index (χ2n) is 6.94. The van der Waals surface area contributed by atoms with Crippen molar-refractivity contribution in [2.45, 2.75) is 4.93 Å². The van der Waals surface area contributed by atoms with Crippen LogP contribution in [0.25, 0.3) is 10.7 Å². The van der Waals surface area contributed by atoms with Gasteiger partial charge in [0.2, 0.25) is 4.93 Å². The number of benzene rings is 4. The summed E-state index contributed by atoms with van der Waals surface area (Å²) >= 11 is 1.78. The van der Waals surface area contributed by atoms with Crippen molar-refractivity contribution < 1.29 is 4.74 Å². The van der Waals surface area contributed by atoms with E-state index in [1.54, 1.807) is 11.8 Å². The SMILES string of the molecule is c1ccc(C2=C(c3ccccc3)SC(c3ccccc3)(c3ccccc3)O2)cc1. The van der Waals surface area contributed by atoms with Crippen LogP contribution in [0.3, 0.4) is 0 Å². The Morgan fingerprint density at radius 2 is 0.897 bits per heavy atom. The van der Waals surface area contributed by atoms with Gasteiger partial charge in [0, 0.05) is 16.7 Å². The molecule has 0 bridgehead atoms. The first-order chi connectivity index (χ1) is 14.4. The molecule has 140 valence electrons. The van der Waals surface area contributed by atoms with Crippen LogP contribution < -0.4 is 0 Å². The summed E-state index contributed by atoms with van der Waals surface area (Å²) in [5.41, 5.74) is 4.53. The number of hydrogen-bond acceptors (Lipinski definition) is 2. The zero-order valence-corrected chi connectivity index (χ0v) is 16.7. The van der Waals surface area contributed by atoms with Gasteiger partial charge in [-0.3, -0.25) is 0 Å². The molecular weight excluding hydrogens is 372 g/mol. The smallest absolute Gasteiger partial charge is 0.210 e. The minimum absolute atomic E-state index is 0.626. The average Bonchev–Trinajstić information content (AvgIpc) is 3.24. The molecule has 0 radical (unpaired) electrons. The van der Waals surface area contributed by atoms with Crippen molar-refractivity contribution in [2.75, 3.05) is 0 Å². The lowest BCUT2D eigenvalue weighted by atomic mass is 10.00. The van der Waals surface area contributed by atoms with E-state index in [-0.39, 0.29) is 0 Å². The van der Waals surface area contributed by atoms with Crippen LogP contribution in [0, 0.1) is 0 Å². The molecule has 1 aliphatic heterocycles. The van der Waals surface area contributed by atoms with Gasteiger partial charge in [0.25, 0.3) is 0 Å². The van der Waals surface area contributed by atoms with Gasteiger partial charge in [0.15, 0.2) is 0 Å². The van der Waals surface area contributed by atoms with E-state index in [0.29, 0.717) is 0 Å². The number of thioether (sulfide) groups is 1. The van der Waals surface area contributed by atoms with Gasteiger partial charge >= 0.3 is 0 Å².